The summed E-state index contributed by atoms with van der Waals surface area (Å²) in [4.78, 5) is 11.5. The molecule has 0 unspecified atom stereocenters. The summed E-state index contributed by atoms with van der Waals surface area (Å²) in [5.74, 6) is 0.102. The van der Waals surface area contributed by atoms with Crippen LogP contribution in [0.2, 0.25) is 0 Å². The quantitative estimate of drug-likeness (QED) is 0.744. The van der Waals surface area contributed by atoms with Gasteiger partial charge in [0.2, 0.25) is 0 Å². The van der Waals surface area contributed by atoms with Gasteiger partial charge in [0.25, 0.3) is 0 Å². The molecule has 84 valence electrons. The summed E-state index contributed by atoms with van der Waals surface area (Å²) in [5, 5.41) is 3.97. The SMILES string of the molecule is Cc1cc(N)nn1CC(=O)OC(C)(C)C. The molecule has 0 aliphatic rings. The van der Waals surface area contributed by atoms with Crippen LogP contribution in [0, 0.1) is 6.92 Å². The Balaban J connectivity index is 2.63. The zero-order valence-corrected chi connectivity index (χ0v) is 9.57. The molecule has 15 heavy (non-hydrogen) atoms. The van der Waals surface area contributed by atoms with Crippen molar-refractivity contribution >= 4 is 11.8 Å². The average Bonchev–Trinajstić information content (AvgIpc) is 2.25. The third kappa shape index (κ3) is 3.61. The highest BCUT2D eigenvalue weighted by Gasteiger charge is 2.17. The second-order valence-corrected chi connectivity index (χ2v) is 4.45. The van der Waals surface area contributed by atoms with Gasteiger partial charge >= 0.3 is 5.97 Å². The zero-order chi connectivity index (χ0) is 11.6. The molecule has 5 nitrogen and oxygen atoms in total. The Morgan fingerprint density at radius 1 is 1.60 bits per heavy atom. The largest absolute Gasteiger partial charge is 0.459 e. The van der Waals surface area contributed by atoms with E-state index in [-0.39, 0.29) is 12.5 Å². The van der Waals surface area contributed by atoms with E-state index in [0.717, 1.165) is 5.69 Å². The Kier molecular flexibility index (Phi) is 3.02. The van der Waals surface area contributed by atoms with E-state index >= 15 is 0 Å². The predicted octanol–water partition coefficient (Wildman–Crippen LogP) is 1.12. The second-order valence-electron chi connectivity index (χ2n) is 4.45. The number of aromatic nitrogens is 2. The van der Waals surface area contributed by atoms with Gasteiger partial charge in [0, 0.05) is 11.8 Å². The summed E-state index contributed by atoms with van der Waals surface area (Å²) in [5.41, 5.74) is 5.88. The first-order valence-electron chi connectivity index (χ1n) is 4.80. The number of hydrogen-bond acceptors (Lipinski definition) is 4. The normalized spacial score (nSPS) is 11.5. The number of hydrogen-bond donors (Lipinski definition) is 1. The Labute approximate surface area is 89.2 Å². The highest BCUT2D eigenvalue weighted by Crippen LogP contribution is 2.09. The molecule has 0 amide bonds. The molecule has 2 N–H and O–H groups in total. The summed E-state index contributed by atoms with van der Waals surface area (Å²) < 4.78 is 6.70. The molecular formula is C10H17N3O2. The summed E-state index contributed by atoms with van der Waals surface area (Å²) in [6, 6.07) is 1.71. The molecule has 0 saturated carbocycles. The van der Waals surface area contributed by atoms with Crippen LogP contribution in [-0.2, 0) is 16.1 Å². The van der Waals surface area contributed by atoms with E-state index in [1.165, 1.54) is 4.68 Å². The summed E-state index contributed by atoms with van der Waals surface area (Å²) >= 11 is 0. The van der Waals surface area contributed by atoms with E-state index in [0.29, 0.717) is 5.82 Å². The van der Waals surface area contributed by atoms with Crippen molar-refractivity contribution in [3.8, 4) is 0 Å². The van der Waals surface area contributed by atoms with Crippen molar-refractivity contribution in [2.24, 2.45) is 0 Å². The van der Waals surface area contributed by atoms with Crippen molar-refractivity contribution in [1.82, 2.24) is 9.78 Å². The molecule has 0 radical (unpaired) electrons. The van der Waals surface area contributed by atoms with Gasteiger partial charge in [-0.15, -0.1) is 0 Å². The third-order valence-corrected chi connectivity index (χ3v) is 1.70. The first-order chi connectivity index (χ1) is 6.78. The fourth-order valence-electron chi connectivity index (χ4n) is 1.19. The number of carbonyl (C=O) groups excluding carboxylic acids is 1. The Morgan fingerprint density at radius 2 is 2.20 bits per heavy atom. The van der Waals surface area contributed by atoms with Crippen molar-refractivity contribution in [2.45, 2.75) is 39.8 Å². The van der Waals surface area contributed by atoms with Crippen molar-refractivity contribution in [3.05, 3.63) is 11.8 Å². The van der Waals surface area contributed by atoms with Crippen LogP contribution < -0.4 is 5.73 Å². The van der Waals surface area contributed by atoms with Crippen LogP contribution in [0.5, 0.6) is 0 Å². The second kappa shape index (κ2) is 3.92. The molecule has 0 aliphatic heterocycles. The topological polar surface area (TPSA) is 70.1 Å². The van der Waals surface area contributed by atoms with E-state index in [4.69, 9.17) is 10.5 Å². The molecule has 0 spiro atoms. The third-order valence-electron chi connectivity index (χ3n) is 1.70. The van der Waals surface area contributed by atoms with Crippen LogP contribution in [0.25, 0.3) is 0 Å². The van der Waals surface area contributed by atoms with Gasteiger partial charge in [-0.1, -0.05) is 0 Å². The number of rotatable bonds is 2. The zero-order valence-electron chi connectivity index (χ0n) is 9.57. The number of nitrogens with zero attached hydrogens (tertiary/aromatic N) is 2. The summed E-state index contributed by atoms with van der Waals surface area (Å²) in [7, 11) is 0. The molecule has 1 aromatic rings. The van der Waals surface area contributed by atoms with Crippen molar-refractivity contribution in [2.75, 3.05) is 5.73 Å². The first kappa shape index (κ1) is 11.6. The highest BCUT2D eigenvalue weighted by molar-refractivity contribution is 5.69. The maximum absolute atomic E-state index is 11.5. The monoisotopic (exact) mass is 211 g/mol. The van der Waals surface area contributed by atoms with E-state index in [1.54, 1.807) is 6.07 Å². The van der Waals surface area contributed by atoms with Gasteiger partial charge in [0.1, 0.15) is 18.0 Å². The molecule has 0 bridgehead atoms. The molecule has 0 fully saturated rings. The van der Waals surface area contributed by atoms with Gasteiger partial charge in [-0.3, -0.25) is 9.48 Å². The number of anilines is 1. The molecule has 1 aromatic heterocycles. The van der Waals surface area contributed by atoms with Crippen molar-refractivity contribution in [3.63, 3.8) is 0 Å². The number of nitrogens with two attached hydrogens (primary N) is 1. The molecular weight excluding hydrogens is 194 g/mol. The number of esters is 1. The van der Waals surface area contributed by atoms with Gasteiger partial charge < -0.3 is 10.5 Å². The van der Waals surface area contributed by atoms with Gasteiger partial charge in [-0.2, -0.15) is 5.10 Å². The van der Waals surface area contributed by atoms with E-state index in [2.05, 4.69) is 5.10 Å². The van der Waals surface area contributed by atoms with Crippen LogP contribution >= 0.6 is 0 Å². The lowest BCUT2D eigenvalue weighted by Crippen LogP contribution is -2.27. The smallest absolute Gasteiger partial charge is 0.328 e. The minimum Gasteiger partial charge on any atom is -0.459 e. The molecule has 1 heterocycles. The number of nitrogen functional groups attached to an aromatic ring is 1. The molecule has 0 atom stereocenters. The summed E-state index contributed by atoms with van der Waals surface area (Å²) in [6.45, 7) is 7.42. The van der Waals surface area contributed by atoms with Crippen LogP contribution in [0.1, 0.15) is 26.5 Å². The lowest BCUT2D eigenvalue weighted by Gasteiger charge is -2.19. The van der Waals surface area contributed by atoms with E-state index < -0.39 is 5.60 Å². The van der Waals surface area contributed by atoms with Crippen LogP contribution in [0.3, 0.4) is 0 Å². The van der Waals surface area contributed by atoms with Gasteiger partial charge in [0.05, 0.1) is 0 Å². The lowest BCUT2D eigenvalue weighted by molar-refractivity contribution is -0.155. The Hall–Kier alpha value is -1.52. The highest BCUT2D eigenvalue weighted by atomic mass is 16.6. The predicted molar refractivity (Wildman–Crippen MR) is 57.2 cm³/mol. The number of carbonyl (C=O) groups is 1. The fourth-order valence-corrected chi connectivity index (χ4v) is 1.19. The Bertz CT molecular complexity index is 363. The van der Waals surface area contributed by atoms with Crippen molar-refractivity contribution in [1.29, 1.82) is 0 Å². The van der Waals surface area contributed by atoms with Gasteiger partial charge in [-0.25, -0.2) is 0 Å². The number of aryl methyl sites for hydroxylation is 1. The maximum atomic E-state index is 11.5. The molecule has 1 rings (SSSR count). The van der Waals surface area contributed by atoms with Gasteiger partial charge in [0.15, 0.2) is 0 Å². The minimum absolute atomic E-state index is 0.0975. The Morgan fingerprint density at radius 3 is 2.60 bits per heavy atom. The molecule has 0 aromatic carbocycles. The van der Waals surface area contributed by atoms with E-state index in [1.807, 2.05) is 27.7 Å². The van der Waals surface area contributed by atoms with Crippen molar-refractivity contribution < 1.29 is 9.53 Å². The van der Waals surface area contributed by atoms with E-state index in [9.17, 15) is 4.79 Å². The maximum Gasteiger partial charge on any atom is 0.328 e. The molecule has 5 heteroatoms. The average molecular weight is 211 g/mol. The minimum atomic E-state index is -0.469. The standard InChI is InChI=1S/C10H17N3O2/c1-7-5-8(11)12-13(7)6-9(14)15-10(2,3)4/h5H,6H2,1-4H3,(H2,11,12). The van der Waals surface area contributed by atoms with Gasteiger partial charge in [-0.05, 0) is 27.7 Å². The summed E-state index contributed by atoms with van der Waals surface area (Å²) in [6.07, 6.45) is 0. The molecule has 0 aliphatic carbocycles. The van der Waals surface area contributed by atoms with Crippen LogP contribution in [0.15, 0.2) is 6.07 Å². The van der Waals surface area contributed by atoms with Crippen LogP contribution in [0.4, 0.5) is 5.82 Å². The lowest BCUT2D eigenvalue weighted by atomic mass is 10.2. The fraction of sp³-hybridized carbons (Fsp3) is 0.600. The first-order valence-corrected chi connectivity index (χ1v) is 4.80. The molecule has 0 saturated heterocycles. The number of ether oxygens (including phenoxy) is 1. The van der Waals surface area contributed by atoms with Crippen LogP contribution in [-0.4, -0.2) is 21.4 Å².